The fraction of sp³-hybridized carbons (Fsp3) is 0.0952. The Balaban J connectivity index is 1.54. The Labute approximate surface area is 167 Å². The van der Waals surface area contributed by atoms with Crippen molar-refractivity contribution in [1.29, 1.82) is 0 Å². The second-order valence-corrected chi connectivity index (χ2v) is 7.10. The summed E-state index contributed by atoms with van der Waals surface area (Å²) in [5.74, 6) is 0.489. The highest BCUT2D eigenvalue weighted by Crippen LogP contribution is 2.27. The largest absolute Gasteiger partial charge is 0.324 e. The second-order valence-electron chi connectivity index (χ2n) is 6.26. The van der Waals surface area contributed by atoms with E-state index in [4.69, 9.17) is 0 Å². The van der Waals surface area contributed by atoms with Crippen LogP contribution in [-0.2, 0) is 7.05 Å². The lowest BCUT2D eigenvalue weighted by atomic mass is 10.1. The van der Waals surface area contributed by atoms with E-state index in [1.165, 1.54) is 0 Å². The highest BCUT2D eigenvalue weighted by atomic mass is 32.2. The summed E-state index contributed by atoms with van der Waals surface area (Å²) in [5, 5.41) is 12.3. The number of nitrogens with zero attached hydrogens (tertiary/aromatic N) is 3. The molecule has 0 saturated carbocycles. The number of rotatable bonds is 4. The lowest BCUT2D eigenvalue weighted by molar-refractivity contribution is 0.262. The monoisotopic (exact) mass is 389 g/mol. The number of hydrogen-bond acceptors (Lipinski definition) is 4. The molecule has 0 saturated heterocycles. The van der Waals surface area contributed by atoms with E-state index in [2.05, 4.69) is 32.8 Å². The molecular formula is C21H19N5OS. The normalized spacial score (nSPS) is 10.8. The van der Waals surface area contributed by atoms with Crippen LogP contribution >= 0.6 is 11.8 Å². The number of aromatic nitrogens is 3. The standard InChI is InChI=1S/C21H19N5OS/c1-26-18(15-8-7-14-9-10-22-13-16(14)11-15)12-20(25-26)24-21(27)23-17-5-3-4-6-19(17)28-2/h3-13H,1-2H3,(H2,23,24,25,27). The number of para-hydroxylation sites is 1. The summed E-state index contributed by atoms with van der Waals surface area (Å²) in [7, 11) is 1.86. The third-order valence-corrected chi connectivity index (χ3v) is 5.21. The molecule has 2 heterocycles. The predicted octanol–water partition coefficient (Wildman–Crippen LogP) is 5.00. The molecule has 0 fully saturated rings. The molecule has 2 amide bonds. The first-order valence-electron chi connectivity index (χ1n) is 8.73. The van der Waals surface area contributed by atoms with E-state index < -0.39 is 0 Å². The smallest absolute Gasteiger partial charge is 0.307 e. The number of carbonyl (C=O) groups excluding carboxylic acids is 1. The lowest BCUT2D eigenvalue weighted by Gasteiger charge is -2.09. The van der Waals surface area contributed by atoms with E-state index in [1.807, 2.05) is 62.0 Å². The van der Waals surface area contributed by atoms with Gasteiger partial charge in [0.25, 0.3) is 0 Å². The van der Waals surface area contributed by atoms with E-state index in [9.17, 15) is 4.79 Å². The van der Waals surface area contributed by atoms with Gasteiger partial charge in [-0.1, -0.05) is 24.3 Å². The van der Waals surface area contributed by atoms with Crippen molar-refractivity contribution in [3.8, 4) is 11.3 Å². The van der Waals surface area contributed by atoms with Crippen molar-refractivity contribution in [2.75, 3.05) is 16.9 Å². The summed E-state index contributed by atoms with van der Waals surface area (Å²) in [6.45, 7) is 0. The summed E-state index contributed by atoms with van der Waals surface area (Å²) in [6.07, 6.45) is 5.59. The molecule has 7 heteroatoms. The zero-order chi connectivity index (χ0) is 19.5. The Morgan fingerprint density at radius 2 is 1.89 bits per heavy atom. The number of carbonyl (C=O) groups is 1. The van der Waals surface area contributed by atoms with Crippen molar-refractivity contribution < 1.29 is 4.79 Å². The molecule has 2 aromatic heterocycles. The van der Waals surface area contributed by atoms with Gasteiger partial charge in [-0.05, 0) is 35.9 Å². The number of amides is 2. The average Bonchev–Trinajstić information content (AvgIpc) is 3.07. The summed E-state index contributed by atoms with van der Waals surface area (Å²) >= 11 is 1.58. The molecule has 6 nitrogen and oxygen atoms in total. The summed E-state index contributed by atoms with van der Waals surface area (Å²) in [6, 6.07) is 17.3. The van der Waals surface area contributed by atoms with Gasteiger partial charge in [0, 0.05) is 41.4 Å². The Morgan fingerprint density at radius 3 is 2.75 bits per heavy atom. The summed E-state index contributed by atoms with van der Waals surface area (Å²) < 4.78 is 1.75. The van der Waals surface area contributed by atoms with Crippen LogP contribution in [0, 0.1) is 0 Å². The van der Waals surface area contributed by atoms with E-state index in [1.54, 1.807) is 22.6 Å². The number of hydrogen-bond donors (Lipinski definition) is 2. The van der Waals surface area contributed by atoms with Crippen molar-refractivity contribution in [1.82, 2.24) is 14.8 Å². The molecule has 0 aliphatic carbocycles. The number of anilines is 2. The van der Waals surface area contributed by atoms with E-state index in [0.29, 0.717) is 5.82 Å². The van der Waals surface area contributed by atoms with Crippen LogP contribution in [0.1, 0.15) is 0 Å². The van der Waals surface area contributed by atoms with Crippen LogP contribution < -0.4 is 10.6 Å². The maximum Gasteiger partial charge on any atom is 0.324 e. The molecule has 2 N–H and O–H groups in total. The Hall–Kier alpha value is -3.32. The van der Waals surface area contributed by atoms with Gasteiger partial charge in [0.05, 0.1) is 11.4 Å². The second kappa shape index (κ2) is 7.74. The van der Waals surface area contributed by atoms with Crippen molar-refractivity contribution in [2.24, 2.45) is 7.05 Å². The highest BCUT2D eigenvalue weighted by molar-refractivity contribution is 7.98. The van der Waals surface area contributed by atoms with Gasteiger partial charge < -0.3 is 5.32 Å². The zero-order valence-electron chi connectivity index (χ0n) is 15.5. The fourth-order valence-corrected chi connectivity index (χ4v) is 3.61. The molecule has 0 spiro atoms. The molecular weight excluding hydrogens is 370 g/mol. The molecule has 0 aliphatic rings. The van der Waals surface area contributed by atoms with Crippen LogP contribution in [0.2, 0.25) is 0 Å². The number of thioether (sulfide) groups is 1. The van der Waals surface area contributed by atoms with Gasteiger partial charge in [-0.15, -0.1) is 11.8 Å². The first-order valence-corrected chi connectivity index (χ1v) is 9.96. The minimum atomic E-state index is -0.325. The number of fused-ring (bicyclic) bond motifs is 1. The molecule has 0 radical (unpaired) electrons. The molecule has 0 aliphatic heterocycles. The number of aryl methyl sites for hydroxylation is 1. The first-order chi connectivity index (χ1) is 13.6. The first kappa shape index (κ1) is 18.1. The molecule has 0 unspecified atom stereocenters. The van der Waals surface area contributed by atoms with Crippen LogP contribution in [0.5, 0.6) is 0 Å². The lowest BCUT2D eigenvalue weighted by Crippen LogP contribution is -2.20. The van der Waals surface area contributed by atoms with Crippen LogP contribution in [-0.4, -0.2) is 27.1 Å². The molecule has 4 rings (SSSR count). The highest BCUT2D eigenvalue weighted by Gasteiger charge is 2.12. The maximum absolute atomic E-state index is 12.4. The van der Waals surface area contributed by atoms with Crippen LogP contribution in [0.4, 0.5) is 16.3 Å². The van der Waals surface area contributed by atoms with Crippen LogP contribution in [0.3, 0.4) is 0 Å². The van der Waals surface area contributed by atoms with Gasteiger partial charge in [-0.3, -0.25) is 15.0 Å². The summed E-state index contributed by atoms with van der Waals surface area (Å²) in [5.41, 5.74) is 2.69. The third-order valence-electron chi connectivity index (χ3n) is 4.41. The molecule has 4 aromatic rings. The number of nitrogens with one attached hydrogen (secondary N) is 2. The van der Waals surface area contributed by atoms with Crippen molar-refractivity contribution in [3.05, 3.63) is 67.0 Å². The minimum Gasteiger partial charge on any atom is -0.307 e. The number of pyridine rings is 1. The number of benzene rings is 2. The molecule has 140 valence electrons. The molecule has 28 heavy (non-hydrogen) atoms. The van der Waals surface area contributed by atoms with Gasteiger partial charge in [-0.2, -0.15) is 5.10 Å². The van der Waals surface area contributed by atoms with Crippen LogP contribution in [0.15, 0.2) is 71.9 Å². The van der Waals surface area contributed by atoms with Gasteiger partial charge in [0.15, 0.2) is 5.82 Å². The Bertz CT molecular complexity index is 1150. The molecule has 0 atom stereocenters. The zero-order valence-corrected chi connectivity index (χ0v) is 16.3. The van der Waals surface area contributed by atoms with E-state index in [-0.39, 0.29) is 6.03 Å². The van der Waals surface area contributed by atoms with Crippen LogP contribution in [0.25, 0.3) is 22.0 Å². The topological polar surface area (TPSA) is 71.8 Å². The maximum atomic E-state index is 12.4. The van der Waals surface area contributed by atoms with Crippen molar-refractivity contribution in [2.45, 2.75) is 4.90 Å². The van der Waals surface area contributed by atoms with Gasteiger partial charge in [-0.25, -0.2) is 4.79 Å². The van der Waals surface area contributed by atoms with Gasteiger partial charge in [0.1, 0.15) is 0 Å². The Morgan fingerprint density at radius 1 is 1.04 bits per heavy atom. The third kappa shape index (κ3) is 3.70. The van der Waals surface area contributed by atoms with E-state index in [0.717, 1.165) is 32.6 Å². The quantitative estimate of drug-likeness (QED) is 0.482. The fourth-order valence-electron chi connectivity index (χ4n) is 3.06. The van der Waals surface area contributed by atoms with Gasteiger partial charge in [0.2, 0.25) is 0 Å². The molecule has 2 aromatic carbocycles. The summed E-state index contributed by atoms with van der Waals surface area (Å²) in [4.78, 5) is 17.6. The van der Waals surface area contributed by atoms with Crippen molar-refractivity contribution in [3.63, 3.8) is 0 Å². The average molecular weight is 389 g/mol. The Kier molecular flexibility index (Phi) is 4.99. The van der Waals surface area contributed by atoms with Crippen molar-refractivity contribution >= 4 is 40.1 Å². The predicted molar refractivity (Wildman–Crippen MR) is 115 cm³/mol. The van der Waals surface area contributed by atoms with E-state index >= 15 is 0 Å². The number of urea groups is 1. The molecule has 0 bridgehead atoms. The minimum absolute atomic E-state index is 0.325. The van der Waals surface area contributed by atoms with Gasteiger partial charge >= 0.3 is 6.03 Å². The SMILES string of the molecule is CSc1ccccc1NC(=O)Nc1cc(-c2ccc3ccncc3c2)n(C)n1.